The first-order valence-corrected chi connectivity index (χ1v) is 17.9. The van der Waals surface area contributed by atoms with E-state index in [2.05, 4.69) is 202 Å². The van der Waals surface area contributed by atoms with E-state index in [-0.39, 0.29) is 11.0 Å². The number of aryl methyl sites for hydroxylation is 2. The molecule has 0 amide bonds. The largest absolute Gasteiger partial charge is 0.309 e. The van der Waals surface area contributed by atoms with Crippen molar-refractivity contribution in [3.63, 3.8) is 0 Å². The number of hydrogen-bond donors (Lipinski definition) is 0. The maximum Gasteiger partial charge on any atom is 0.191 e. The van der Waals surface area contributed by atoms with Crippen molar-refractivity contribution in [3.05, 3.63) is 151 Å². The van der Waals surface area contributed by atoms with Crippen LogP contribution in [-0.4, -0.2) is 18.7 Å². The maximum atomic E-state index is 4.95. The van der Waals surface area contributed by atoms with E-state index in [1.807, 2.05) is 6.20 Å². The summed E-state index contributed by atoms with van der Waals surface area (Å²) in [5, 5.41) is 2.42. The fourth-order valence-corrected chi connectivity index (χ4v) is 7.55. The fourth-order valence-electron chi connectivity index (χ4n) is 7.55. The first kappa shape index (κ1) is 32.5. The van der Waals surface area contributed by atoms with Gasteiger partial charge < -0.3 is 4.90 Å². The Balaban J connectivity index is 1.37. The zero-order valence-corrected chi connectivity index (χ0v) is 30.9. The average molecular weight is 669 g/mol. The highest BCUT2D eigenvalue weighted by Crippen LogP contribution is 2.42. The Bertz CT molecular complexity index is 2570. The predicted octanol–water partition coefficient (Wildman–Crippen LogP) is 12.3. The van der Waals surface area contributed by atoms with Crippen LogP contribution in [0.5, 0.6) is 0 Å². The molecule has 0 N–H and O–H groups in total. The minimum absolute atomic E-state index is 0.00296. The molecule has 51 heavy (non-hydrogen) atoms. The molecule has 3 aromatic heterocycles. The lowest BCUT2D eigenvalue weighted by atomic mass is 9.88. The lowest BCUT2D eigenvalue weighted by Gasteiger charge is -2.29. The zero-order chi connectivity index (χ0) is 35.7. The van der Waals surface area contributed by atoms with Crippen molar-refractivity contribution in [1.29, 1.82) is 0 Å². The van der Waals surface area contributed by atoms with Gasteiger partial charge in [0.05, 0.1) is 27.9 Å². The van der Waals surface area contributed by atoms with Gasteiger partial charge in [0, 0.05) is 46.9 Å². The third kappa shape index (κ3) is 5.58. The number of anilines is 3. The summed E-state index contributed by atoms with van der Waals surface area (Å²) >= 11 is 0. The molecule has 5 nitrogen and oxygen atoms in total. The van der Waals surface area contributed by atoms with Crippen LogP contribution in [0.3, 0.4) is 0 Å². The van der Waals surface area contributed by atoms with Crippen molar-refractivity contribution in [3.8, 4) is 11.5 Å². The van der Waals surface area contributed by atoms with Crippen LogP contribution in [-0.2, 0) is 11.0 Å². The molecule has 5 heteroatoms. The molecule has 0 atom stereocenters. The number of nitrogens with zero attached hydrogens (tertiary/aromatic N) is 5. The molecule has 8 rings (SSSR count). The van der Waals surface area contributed by atoms with E-state index in [0.29, 0.717) is 0 Å². The number of para-hydroxylation sites is 4. The lowest BCUT2D eigenvalue weighted by molar-refractivity contribution is 0.406. The van der Waals surface area contributed by atoms with Gasteiger partial charge in [0.1, 0.15) is 11.5 Å². The quantitative estimate of drug-likeness (QED) is 0.171. The Morgan fingerprint density at radius 1 is 0.588 bits per heavy atom. The van der Waals surface area contributed by atoms with Crippen molar-refractivity contribution in [2.24, 2.45) is 0 Å². The second kappa shape index (κ2) is 12.0. The number of rotatable bonds is 5. The minimum Gasteiger partial charge on any atom is -0.309 e. The van der Waals surface area contributed by atoms with Crippen LogP contribution in [0, 0.1) is 13.8 Å². The van der Waals surface area contributed by atoms with E-state index in [1.54, 1.807) is 0 Å². The van der Waals surface area contributed by atoms with Gasteiger partial charge in [-0.25, -0.2) is 9.55 Å². The SMILES string of the molecule is Cc1cccc(C)c1N(c1cccc(-n2[cH+]n(C(C)(C)C)c3ccccc32)c1)c1ccc2c3ccccc3n(-c3cc(C(C)(C)C)ccn3)c2c1. The van der Waals surface area contributed by atoms with Gasteiger partial charge in [-0.1, -0.05) is 63.2 Å². The Morgan fingerprint density at radius 2 is 1.24 bits per heavy atom. The Kier molecular flexibility index (Phi) is 7.64. The molecule has 0 aliphatic rings. The summed E-state index contributed by atoms with van der Waals surface area (Å²) in [7, 11) is 0. The van der Waals surface area contributed by atoms with E-state index in [9.17, 15) is 0 Å². The highest BCUT2D eigenvalue weighted by Gasteiger charge is 2.26. The van der Waals surface area contributed by atoms with Crippen LogP contribution in [0.2, 0.25) is 0 Å². The zero-order valence-electron chi connectivity index (χ0n) is 30.9. The highest BCUT2D eigenvalue weighted by molar-refractivity contribution is 6.10. The van der Waals surface area contributed by atoms with Crippen molar-refractivity contribution >= 4 is 49.9 Å². The molecule has 8 aromatic rings. The monoisotopic (exact) mass is 668 g/mol. The van der Waals surface area contributed by atoms with Crippen molar-refractivity contribution in [2.45, 2.75) is 66.3 Å². The minimum atomic E-state index is -0.0676. The molecule has 254 valence electrons. The van der Waals surface area contributed by atoms with Crippen LogP contribution in [0.1, 0.15) is 58.2 Å². The first-order chi connectivity index (χ1) is 24.4. The molecular weight excluding hydrogens is 623 g/mol. The van der Waals surface area contributed by atoms with E-state index < -0.39 is 0 Å². The van der Waals surface area contributed by atoms with E-state index in [4.69, 9.17) is 4.98 Å². The Morgan fingerprint density at radius 3 is 1.96 bits per heavy atom. The molecule has 0 saturated carbocycles. The number of imidazole rings is 1. The molecule has 0 aliphatic carbocycles. The summed E-state index contributed by atoms with van der Waals surface area (Å²) in [5.41, 5.74) is 12.8. The summed E-state index contributed by atoms with van der Waals surface area (Å²) in [6.07, 6.45) is 4.19. The Hall–Kier alpha value is -5.68. The average Bonchev–Trinajstić information content (AvgIpc) is 3.66. The van der Waals surface area contributed by atoms with Gasteiger partial charge in [0.15, 0.2) is 17.4 Å². The standard InChI is InChI=1S/C46H46N5/c1-31-15-13-16-32(2)44(31)50(35-18-14-17-34(28-35)48-30-49(46(6,7)8)41-22-12-11-21-40(41)48)36-23-24-38-37-19-9-10-20-39(37)51(42(38)29-36)43-27-33(25-26-47-43)45(3,4)5/h9-30H,1-8H3/q+1. The van der Waals surface area contributed by atoms with Crippen LogP contribution in [0.25, 0.3) is 44.3 Å². The molecule has 5 aromatic carbocycles. The van der Waals surface area contributed by atoms with Gasteiger partial charge in [0.2, 0.25) is 0 Å². The lowest BCUT2D eigenvalue weighted by Crippen LogP contribution is -2.20. The highest BCUT2D eigenvalue weighted by atomic mass is 15.2. The molecule has 0 unspecified atom stereocenters. The van der Waals surface area contributed by atoms with Crippen molar-refractivity contribution in [1.82, 2.24) is 18.7 Å². The van der Waals surface area contributed by atoms with Crippen molar-refractivity contribution < 1.29 is 0 Å². The molecule has 0 fully saturated rings. The Labute approximate surface area is 301 Å². The van der Waals surface area contributed by atoms with E-state index >= 15 is 0 Å². The van der Waals surface area contributed by atoms with Crippen LogP contribution < -0.4 is 4.90 Å². The summed E-state index contributed by atoms with van der Waals surface area (Å²) < 4.78 is 7.02. The van der Waals surface area contributed by atoms with Crippen LogP contribution >= 0.6 is 0 Å². The molecule has 0 saturated heterocycles. The first-order valence-electron chi connectivity index (χ1n) is 17.9. The topological polar surface area (TPSA) is 30.9 Å². The number of fused-ring (bicyclic) bond motifs is 4. The number of aromatic nitrogens is 4. The molecule has 0 spiro atoms. The van der Waals surface area contributed by atoms with Gasteiger partial charge in [-0.2, -0.15) is 4.57 Å². The molecular formula is C46H46N5+. The summed E-state index contributed by atoms with van der Waals surface area (Å²) in [4.78, 5) is 7.38. The third-order valence-corrected chi connectivity index (χ3v) is 10.1. The molecule has 0 bridgehead atoms. The maximum absolute atomic E-state index is 4.95. The number of hydrogen-bond acceptors (Lipinski definition) is 2. The van der Waals surface area contributed by atoms with Crippen LogP contribution in [0.4, 0.5) is 17.1 Å². The number of benzene rings is 5. The summed E-state index contributed by atoms with van der Waals surface area (Å²) in [6.45, 7) is 18.0. The second-order valence-corrected chi connectivity index (χ2v) is 15.8. The summed E-state index contributed by atoms with van der Waals surface area (Å²) in [6, 6.07) is 44.1. The number of pyridine rings is 1. The van der Waals surface area contributed by atoms with E-state index in [0.717, 1.165) is 33.9 Å². The molecule has 3 heterocycles. The third-order valence-electron chi connectivity index (χ3n) is 10.1. The van der Waals surface area contributed by atoms with E-state index in [1.165, 1.54) is 44.2 Å². The summed E-state index contributed by atoms with van der Waals surface area (Å²) in [5.74, 6) is 0.929. The van der Waals surface area contributed by atoms with Gasteiger partial charge in [-0.3, -0.25) is 4.57 Å². The predicted molar refractivity (Wildman–Crippen MR) is 216 cm³/mol. The van der Waals surface area contributed by atoms with Gasteiger partial charge in [-0.15, -0.1) is 0 Å². The van der Waals surface area contributed by atoms with Gasteiger partial charge >= 0.3 is 0 Å². The fraction of sp³-hybridized carbons (Fsp3) is 0.217. The second-order valence-electron chi connectivity index (χ2n) is 15.8. The van der Waals surface area contributed by atoms with Crippen molar-refractivity contribution in [2.75, 3.05) is 4.90 Å². The normalized spacial score (nSPS) is 12.3. The molecule has 0 aliphatic heterocycles. The molecule has 0 radical (unpaired) electrons. The van der Waals surface area contributed by atoms with Gasteiger partial charge in [-0.05, 0) is 111 Å². The van der Waals surface area contributed by atoms with Crippen LogP contribution in [0.15, 0.2) is 134 Å². The smallest absolute Gasteiger partial charge is 0.191 e. The van der Waals surface area contributed by atoms with Gasteiger partial charge in [0.25, 0.3) is 0 Å².